The summed E-state index contributed by atoms with van der Waals surface area (Å²) in [5.74, 6) is -0.308. The predicted octanol–water partition coefficient (Wildman–Crippen LogP) is 4.00. The Kier molecular flexibility index (Phi) is 5.37. The number of hydrogen-bond acceptors (Lipinski definition) is 6. The van der Waals surface area contributed by atoms with Gasteiger partial charge in [0.25, 0.3) is 11.6 Å². The fourth-order valence-corrected chi connectivity index (χ4v) is 2.66. The number of non-ortho nitro benzene ring substituents is 1. The van der Waals surface area contributed by atoms with Gasteiger partial charge in [-0.15, -0.1) is 0 Å². The van der Waals surface area contributed by atoms with Crippen LogP contribution < -0.4 is 10.6 Å². The first kappa shape index (κ1) is 19.1. The van der Waals surface area contributed by atoms with Crippen LogP contribution in [0.25, 0.3) is 11.3 Å². The number of nitrogens with zero attached hydrogens (tertiary/aromatic N) is 1. The van der Waals surface area contributed by atoms with Gasteiger partial charge in [-0.2, -0.15) is 0 Å². The van der Waals surface area contributed by atoms with Crippen molar-refractivity contribution >= 4 is 34.6 Å². The van der Waals surface area contributed by atoms with Crippen LogP contribution in [-0.4, -0.2) is 21.0 Å². The number of benzene rings is 2. The van der Waals surface area contributed by atoms with Crippen LogP contribution in [0.4, 0.5) is 11.4 Å². The maximum Gasteiger partial charge on any atom is 0.293 e. The number of phenolic OH excluding ortho intramolecular Hbond substituents is 1. The highest BCUT2D eigenvalue weighted by Crippen LogP contribution is 2.26. The normalized spacial score (nSPS) is 10.3. The van der Waals surface area contributed by atoms with Gasteiger partial charge in [0.15, 0.2) is 10.9 Å². The first-order chi connectivity index (χ1) is 13.3. The number of hydrogen-bond donors (Lipinski definition) is 3. The molecule has 8 nitrogen and oxygen atoms in total. The van der Waals surface area contributed by atoms with Crippen molar-refractivity contribution in [1.29, 1.82) is 0 Å². The number of carbonyl (C=O) groups is 1. The summed E-state index contributed by atoms with van der Waals surface area (Å²) in [6.45, 7) is 1.85. The smallest absolute Gasteiger partial charge is 0.293 e. The lowest BCUT2D eigenvalue weighted by molar-refractivity contribution is -0.384. The van der Waals surface area contributed by atoms with E-state index in [2.05, 4.69) is 10.6 Å². The highest BCUT2D eigenvalue weighted by atomic mass is 32.1. The molecule has 0 saturated carbocycles. The van der Waals surface area contributed by atoms with Crippen molar-refractivity contribution in [3.8, 4) is 17.1 Å². The Morgan fingerprint density at radius 3 is 2.71 bits per heavy atom. The van der Waals surface area contributed by atoms with Gasteiger partial charge in [0.2, 0.25) is 0 Å². The van der Waals surface area contributed by atoms with Gasteiger partial charge in [-0.1, -0.05) is 18.2 Å². The van der Waals surface area contributed by atoms with Crippen molar-refractivity contribution in [3.05, 3.63) is 76.0 Å². The quantitative estimate of drug-likeness (QED) is 0.264. The second-order valence-electron chi connectivity index (χ2n) is 5.90. The standard InChI is InChI=1S/C19H15N3O5S/c1-11-5-6-15(23)14(9-11)20-19(28)21-18(24)17-8-7-16(27-17)12-3-2-4-13(10-12)22(25)26/h2-10,23H,1H3,(H2,20,21,24,28). The number of aryl methyl sites for hydroxylation is 1. The van der Waals surface area contributed by atoms with Crippen LogP contribution in [0.2, 0.25) is 0 Å². The number of rotatable bonds is 4. The molecule has 3 N–H and O–H groups in total. The van der Waals surface area contributed by atoms with Gasteiger partial charge in [0.05, 0.1) is 10.6 Å². The first-order valence-corrected chi connectivity index (χ1v) is 8.51. The number of nitro benzene ring substituents is 1. The average Bonchev–Trinajstić information content (AvgIpc) is 3.15. The number of aromatic hydroxyl groups is 1. The van der Waals surface area contributed by atoms with Crippen molar-refractivity contribution < 1.29 is 19.2 Å². The third kappa shape index (κ3) is 4.33. The third-order valence-electron chi connectivity index (χ3n) is 3.80. The summed E-state index contributed by atoms with van der Waals surface area (Å²) < 4.78 is 5.49. The molecular weight excluding hydrogens is 382 g/mol. The van der Waals surface area contributed by atoms with E-state index in [0.717, 1.165) is 5.56 Å². The lowest BCUT2D eigenvalue weighted by Gasteiger charge is -2.10. The number of carbonyl (C=O) groups excluding carboxylic acids is 1. The van der Waals surface area contributed by atoms with E-state index in [0.29, 0.717) is 17.0 Å². The fourth-order valence-electron chi connectivity index (χ4n) is 2.46. The summed E-state index contributed by atoms with van der Waals surface area (Å²) in [4.78, 5) is 22.7. The van der Waals surface area contributed by atoms with E-state index in [1.807, 2.05) is 6.92 Å². The van der Waals surface area contributed by atoms with Gasteiger partial charge in [0.1, 0.15) is 11.5 Å². The summed E-state index contributed by atoms with van der Waals surface area (Å²) in [5, 5.41) is 25.9. The largest absolute Gasteiger partial charge is 0.506 e. The summed E-state index contributed by atoms with van der Waals surface area (Å²) >= 11 is 5.09. The zero-order chi connectivity index (χ0) is 20.3. The second kappa shape index (κ2) is 7.89. The molecule has 0 aliphatic heterocycles. The van der Waals surface area contributed by atoms with Crippen LogP contribution in [0.5, 0.6) is 5.75 Å². The highest BCUT2D eigenvalue weighted by Gasteiger charge is 2.16. The van der Waals surface area contributed by atoms with E-state index >= 15 is 0 Å². The SMILES string of the molecule is Cc1ccc(O)c(NC(=S)NC(=O)c2ccc(-c3cccc([N+](=O)[O-])c3)o2)c1. The topological polar surface area (TPSA) is 118 Å². The van der Waals surface area contributed by atoms with Crippen LogP contribution in [0, 0.1) is 17.0 Å². The molecular formula is C19H15N3O5S. The van der Waals surface area contributed by atoms with E-state index in [4.69, 9.17) is 16.6 Å². The number of furan rings is 1. The molecule has 0 fully saturated rings. The van der Waals surface area contributed by atoms with E-state index in [9.17, 15) is 20.0 Å². The molecule has 1 amide bonds. The zero-order valence-electron chi connectivity index (χ0n) is 14.6. The van der Waals surface area contributed by atoms with Crippen LogP contribution >= 0.6 is 12.2 Å². The number of phenols is 1. The van der Waals surface area contributed by atoms with E-state index in [-0.39, 0.29) is 22.3 Å². The van der Waals surface area contributed by atoms with Gasteiger partial charge in [-0.05, 0) is 49.0 Å². The van der Waals surface area contributed by atoms with Gasteiger partial charge in [0, 0.05) is 17.7 Å². The number of amides is 1. The molecule has 0 radical (unpaired) electrons. The van der Waals surface area contributed by atoms with Gasteiger partial charge in [-0.25, -0.2) is 0 Å². The summed E-state index contributed by atoms with van der Waals surface area (Å²) in [5.41, 5.74) is 1.66. The molecule has 0 atom stereocenters. The Balaban J connectivity index is 1.70. The Bertz CT molecular complexity index is 1080. The molecule has 0 unspecified atom stereocenters. The minimum atomic E-state index is -0.596. The maximum absolute atomic E-state index is 12.3. The lowest BCUT2D eigenvalue weighted by atomic mass is 10.1. The van der Waals surface area contributed by atoms with Crippen LogP contribution in [0.15, 0.2) is 59.0 Å². The van der Waals surface area contributed by atoms with Crippen molar-refractivity contribution in [2.45, 2.75) is 6.92 Å². The van der Waals surface area contributed by atoms with E-state index in [1.54, 1.807) is 18.2 Å². The predicted molar refractivity (Wildman–Crippen MR) is 107 cm³/mol. The molecule has 9 heteroatoms. The molecule has 3 rings (SSSR count). The Morgan fingerprint density at radius 2 is 1.96 bits per heavy atom. The summed E-state index contributed by atoms with van der Waals surface area (Å²) in [7, 11) is 0. The minimum Gasteiger partial charge on any atom is -0.506 e. The van der Waals surface area contributed by atoms with E-state index in [1.165, 1.54) is 36.4 Å². The van der Waals surface area contributed by atoms with Crippen molar-refractivity contribution in [3.63, 3.8) is 0 Å². The molecule has 0 saturated heterocycles. The second-order valence-corrected chi connectivity index (χ2v) is 6.31. The van der Waals surface area contributed by atoms with Gasteiger partial charge >= 0.3 is 0 Å². The molecule has 0 aliphatic rings. The molecule has 1 aromatic heterocycles. The Morgan fingerprint density at radius 1 is 1.18 bits per heavy atom. The third-order valence-corrected chi connectivity index (χ3v) is 4.00. The molecule has 142 valence electrons. The van der Waals surface area contributed by atoms with Crippen LogP contribution in [0.1, 0.15) is 16.1 Å². The fraction of sp³-hybridized carbons (Fsp3) is 0.0526. The molecule has 3 aromatic rings. The minimum absolute atomic E-state index is 0.00634. The lowest BCUT2D eigenvalue weighted by Crippen LogP contribution is -2.33. The highest BCUT2D eigenvalue weighted by molar-refractivity contribution is 7.80. The molecule has 0 bridgehead atoms. The summed E-state index contributed by atoms with van der Waals surface area (Å²) in [6.07, 6.45) is 0. The monoisotopic (exact) mass is 397 g/mol. The van der Waals surface area contributed by atoms with Gasteiger partial charge < -0.3 is 14.8 Å². The van der Waals surface area contributed by atoms with Crippen molar-refractivity contribution in [1.82, 2.24) is 5.32 Å². The molecule has 0 spiro atoms. The van der Waals surface area contributed by atoms with Crippen molar-refractivity contribution in [2.24, 2.45) is 0 Å². The number of nitrogens with one attached hydrogen (secondary N) is 2. The van der Waals surface area contributed by atoms with Crippen molar-refractivity contribution in [2.75, 3.05) is 5.32 Å². The zero-order valence-corrected chi connectivity index (χ0v) is 15.4. The molecule has 1 heterocycles. The number of nitro groups is 1. The number of anilines is 1. The van der Waals surface area contributed by atoms with Crippen LogP contribution in [-0.2, 0) is 0 Å². The van der Waals surface area contributed by atoms with Crippen LogP contribution in [0.3, 0.4) is 0 Å². The number of thiocarbonyl (C=S) groups is 1. The summed E-state index contributed by atoms with van der Waals surface area (Å²) in [6, 6.07) is 13.8. The molecule has 2 aromatic carbocycles. The molecule has 28 heavy (non-hydrogen) atoms. The Labute approximate surface area is 165 Å². The average molecular weight is 397 g/mol. The first-order valence-electron chi connectivity index (χ1n) is 8.10. The Hall–Kier alpha value is -3.72. The van der Waals surface area contributed by atoms with E-state index < -0.39 is 10.8 Å². The molecule has 0 aliphatic carbocycles. The van der Waals surface area contributed by atoms with Gasteiger partial charge in [-0.3, -0.25) is 20.2 Å². The maximum atomic E-state index is 12.3.